The summed E-state index contributed by atoms with van der Waals surface area (Å²) in [6.07, 6.45) is -3.92. The number of nitrogens with zero attached hydrogens (tertiary/aromatic N) is 1. The summed E-state index contributed by atoms with van der Waals surface area (Å²) in [4.78, 5) is 18.6. The molecule has 1 atom stereocenters. The maximum absolute atomic E-state index is 12.5. The second-order valence-corrected chi connectivity index (χ2v) is 4.84. The Bertz CT molecular complexity index is 608. The number of hydrogen-bond acceptors (Lipinski definition) is 5. The average molecular weight is 339 g/mol. The number of nitrogens with two attached hydrogens (primary N) is 1. The average Bonchev–Trinajstić information content (AvgIpc) is 2.93. The molecule has 0 saturated carbocycles. The van der Waals surface area contributed by atoms with Crippen LogP contribution in [0.1, 0.15) is 12.0 Å². The van der Waals surface area contributed by atoms with Crippen LogP contribution in [0.2, 0.25) is 5.02 Å². The Morgan fingerprint density at radius 1 is 1.59 bits per heavy atom. The molecule has 0 spiro atoms. The van der Waals surface area contributed by atoms with Gasteiger partial charge in [0.15, 0.2) is 6.10 Å². The van der Waals surface area contributed by atoms with Gasteiger partial charge in [0.05, 0.1) is 5.56 Å². The van der Waals surface area contributed by atoms with Crippen molar-refractivity contribution in [2.45, 2.75) is 18.7 Å². The third-order valence-electron chi connectivity index (χ3n) is 2.85. The molecule has 0 radical (unpaired) electrons. The van der Waals surface area contributed by atoms with Gasteiger partial charge in [-0.2, -0.15) is 13.2 Å². The molecule has 2 heterocycles. The van der Waals surface area contributed by atoms with Crippen molar-refractivity contribution in [1.29, 1.82) is 0 Å². The SMILES string of the molecule is NNC(=O)C1=NO[C@H](CNc2[nH+]cc(C(F)(F)F)cc2Cl)C1. The zero-order chi connectivity index (χ0) is 16.3. The second kappa shape index (κ2) is 6.36. The number of carbonyl (C=O) groups is 1. The van der Waals surface area contributed by atoms with Crippen molar-refractivity contribution < 1.29 is 27.8 Å². The molecule has 1 aromatic rings. The highest BCUT2D eigenvalue weighted by Gasteiger charge is 2.33. The first-order valence-corrected chi connectivity index (χ1v) is 6.45. The van der Waals surface area contributed by atoms with E-state index < -0.39 is 23.8 Å². The van der Waals surface area contributed by atoms with Gasteiger partial charge >= 0.3 is 6.18 Å². The van der Waals surface area contributed by atoms with Crippen molar-refractivity contribution in [3.8, 4) is 0 Å². The molecule has 0 unspecified atom stereocenters. The van der Waals surface area contributed by atoms with Crippen molar-refractivity contribution in [1.82, 2.24) is 5.43 Å². The van der Waals surface area contributed by atoms with Gasteiger partial charge in [-0.1, -0.05) is 16.8 Å². The fourth-order valence-electron chi connectivity index (χ4n) is 1.74. The maximum Gasteiger partial charge on any atom is 0.419 e. The number of pyridine rings is 1. The van der Waals surface area contributed by atoms with Gasteiger partial charge in [-0.05, 0) is 6.07 Å². The van der Waals surface area contributed by atoms with E-state index in [0.29, 0.717) is 0 Å². The van der Waals surface area contributed by atoms with E-state index >= 15 is 0 Å². The molecule has 0 bridgehead atoms. The molecular formula is C11H12ClF3N5O2+. The lowest BCUT2D eigenvalue weighted by Crippen LogP contribution is -2.36. The van der Waals surface area contributed by atoms with Crippen LogP contribution in [0, 0.1) is 0 Å². The van der Waals surface area contributed by atoms with Gasteiger partial charge in [0.25, 0.3) is 11.7 Å². The molecule has 0 saturated heterocycles. The first-order chi connectivity index (χ1) is 10.3. The number of aromatic amines is 1. The molecule has 0 aliphatic carbocycles. The summed E-state index contributed by atoms with van der Waals surface area (Å²) in [6, 6.07) is 0.805. The van der Waals surface area contributed by atoms with Crippen LogP contribution in [0.25, 0.3) is 0 Å². The molecule has 5 N–H and O–H groups in total. The highest BCUT2D eigenvalue weighted by atomic mass is 35.5. The van der Waals surface area contributed by atoms with Gasteiger partial charge in [0, 0.05) is 6.42 Å². The number of rotatable bonds is 4. The normalized spacial score (nSPS) is 17.7. The fraction of sp³-hybridized carbons (Fsp3) is 0.364. The molecule has 1 amide bonds. The van der Waals surface area contributed by atoms with Crippen molar-refractivity contribution >= 4 is 29.0 Å². The molecule has 7 nitrogen and oxygen atoms in total. The van der Waals surface area contributed by atoms with E-state index in [0.717, 1.165) is 12.3 Å². The van der Waals surface area contributed by atoms with Crippen LogP contribution < -0.4 is 21.6 Å². The number of alkyl halides is 3. The van der Waals surface area contributed by atoms with Crippen LogP contribution in [-0.2, 0) is 15.8 Å². The molecular weight excluding hydrogens is 327 g/mol. The summed E-state index contributed by atoms with van der Waals surface area (Å²) in [5, 5.41) is 6.24. The van der Waals surface area contributed by atoms with Crippen molar-refractivity contribution in [3.05, 3.63) is 22.8 Å². The number of halogens is 4. The predicted octanol–water partition coefficient (Wildman–Crippen LogP) is 0.720. The number of aromatic nitrogens is 1. The zero-order valence-corrected chi connectivity index (χ0v) is 11.8. The highest BCUT2D eigenvalue weighted by Crippen LogP contribution is 2.31. The maximum atomic E-state index is 12.5. The van der Waals surface area contributed by atoms with Crippen LogP contribution >= 0.6 is 11.6 Å². The van der Waals surface area contributed by atoms with Gasteiger partial charge in [-0.15, -0.1) is 0 Å². The fourth-order valence-corrected chi connectivity index (χ4v) is 1.98. The number of H-pyrrole nitrogens is 1. The van der Waals surface area contributed by atoms with Crippen LogP contribution in [0.3, 0.4) is 0 Å². The van der Waals surface area contributed by atoms with E-state index in [4.69, 9.17) is 22.3 Å². The van der Waals surface area contributed by atoms with Crippen LogP contribution in [0.4, 0.5) is 19.0 Å². The summed E-state index contributed by atoms with van der Waals surface area (Å²) in [5.41, 5.74) is 1.18. The largest absolute Gasteiger partial charge is 0.419 e. The number of anilines is 1. The minimum Gasteiger partial charge on any atom is -0.387 e. The summed E-state index contributed by atoms with van der Waals surface area (Å²) < 4.78 is 37.5. The van der Waals surface area contributed by atoms with Gasteiger partial charge in [-0.3, -0.25) is 15.5 Å². The summed E-state index contributed by atoms with van der Waals surface area (Å²) >= 11 is 5.78. The lowest BCUT2D eigenvalue weighted by Gasteiger charge is -2.08. The summed E-state index contributed by atoms with van der Waals surface area (Å²) in [5.74, 6) is 4.62. The molecule has 0 aromatic carbocycles. The zero-order valence-electron chi connectivity index (χ0n) is 11.0. The minimum absolute atomic E-state index is 0.117. The Labute approximate surface area is 127 Å². The van der Waals surface area contributed by atoms with Crippen molar-refractivity contribution in [2.75, 3.05) is 11.9 Å². The Kier molecular flexibility index (Phi) is 4.71. The molecule has 120 valence electrons. The van der Waals surface area contributed by atoms with E-state index in [1.165, 1.54) is 0 Å². The molecule has 0 fully saturated rings. The number of carbonyl (C=O) groups excluding carboxylic acids is 1. The molecule has 22 heavy (non-hydrogen) atoms. The minimum atomic E-state index is -4.48. The van der Waals surface area contributed by atoms with Gasteiger partial charge in [0.1, 0.15) is 23.5 Å². The van der Waals surface area contributed by atoms with E-state index in [1.807, 2.05) is 5.43 Å². The number of oxime groups is 1. The standard InChI is InChI=1S/C11H11ClF3N5O2/c12-7-1-5(11(13,14)15)3-17-9(7)18-4-6-2-8(20-22-6)10(21)19-16/h1,3,6H,2,4,16H2,(H,17,18)(H,19,21)/p+1/t6-/m0/s1. The Morgan fingerprint density at radius 3 is 2.91 bits per heavy atom. The van der Waals surface area contributed by atoms with Crippen LogP contribution in [-0.4, -0.2) is 24.3 Å². The van der Waals surface area contributed by atoms with E-state index in [-0.39, 0.29) is 29.5 Å². The third kappa shape index (κ3) is 3.77. The molecule has 1 aliphatic heterocycles. The van der Waals surface area contributed by atoms with Crippen molar-refractivity contribution in [3.63, 3.8) is 0 Å². The first-order valence-electron chi connectivity index (χ1n) is 6.07. The van der Waals surface area contributed by atoms with Gasteiger partial charge in [-0.25, -0.2) is 10.8 Å². The summed E-state index contributed by atoms with van der Waals surface area (Å²) in [6.45, 7) is 0.187. The molecule has 1 aliphatic rings. The Morgan fingerprint density at radius 2 is 2.32 bits per heavy atom. The number of nitrogens with one attached hydrogen (secondary N) is 3. The molecule has 2 rings (SSSR count). The molecule has 11 heteroatoms. The first kappa shape index (κ1) is 16.3. The van der Waals surface area contributed by atoms with E-state index in [1.54, 1.807) is 0 Å². The monoisotopic (exact) mass is 338 g/mol. The number of hydrazine groups is 1. The van der Waals surface area contributed by atoms with Gasteiger partial charge in [0.2, 0.25) is 0 Å². The second-order valence-electron chi connectivity index (χ2n) is 4.43. The lowest BCUT2D eigenvalue weighted by molar-refractivity contribution is -0.364. The summed E-state index contributed by atoms with van der Waals surface area (Å²) in [7, 11) is 0. The van der Waals surface area contributed by atoms with Crippen LogP contribution in [0.5, 0.6) is 0 Å². The quantitative estimate of drug-likeness (QED) is 0.427. The van der Waals surface area contributed by atoms with Crippen molar-refractivity contribution in [2.24, 2.45) is 11.0 Å². The predicted molar refractivity (Wildman–Crippen MR) is 70.8 cm³/mol. The third-order valence-corrected chi connectivity index (χ3v) is 3.15. The lowest BCUT2D eigenvalue weighted by atomic mass is 10.1. The van der Waals surface area contributed by atoms with Crippen LogP contribution in [0.15, 0.2) is 17.4 Å². The number of amides is 1. The smallest absolute Gasteiger partial charge is 0.387 e. The van der Waals surface area contributed by atoms with E-state index in [9.17, 15) is 18.0 Å². The van der Waals surface area contributed by atoms with Gasteiger partial charge < -0.3 is 4.84 Å². The van der Waals surface area contributed by atoms with E-state index in [2.05, 4.69) is 15.5 Å². The Balaban J connectivity index is 1.92. The highest BCUT2D eigenvalue weighted by molar-refractivity contribution is 6.39. The Hall–Kier alpha value is -2.07. The topological polar surface area (TPSA) is 103 Å². The molecule has 1 aromatic heterocycles. The number of hydrogen-bond donors (Lipinski definition) is 3.